The number of ether oxygens (including phenoxy) is 1. The minimum absolute atomic E-state index is 0.0665. The van der Waals surface area contributed by atoms with Gasteiger partial charge in [-0.2, -0.15) is 0 Å². The quantitative estimate of drug-likeness (QED) is 0.277. The predicted octanol–water partition coefficient (Wildman–Crippen LogP) is 6.03. The van der Waals surface area contributed by atoms with Gasteiger partial charge >= 0.3 is 0 Å². The third-order valence-electron chi connectivity index (χ3n) is 8.89. The Hall–Kier alpha value is -3.26. The number of nitrogens with one attached hydrogen (secondary N) is 1. The van der Waals surface area contributed by atoms with Crippen molar-refractivity contribution in [3.63, 3.8) is 0 Å². The van der Waals surface area contributed by atoms with Crippen LogP contribution in [0.5, 0.6) is 5.75 Å². The van der Waals surface area contributed by atoms with E-state index in [0.29, 0.717) is 42.4 Å². The molecular formula is C32H42N4O4. The molecule has 1 saturated heterocycles. The zero-order chi connectivity index (χ0) is 28.3. The maximum absolute atomic E-state index is 13.4. The summed E-state index contributed by atoms with van der Waals surface area (Å²) in [5.41, 5.74) is 2.77. The Balaban J connectivity index is 1.33. The van der Waals surface area contributed by atoms with Gasteiger partial charge in [-0.1, -0.05) is 25.8 Å². The first-order valence-corrected chi connectivity index (χ1v) is 14.7. The van der Waals surface area contributed by atoms with E-state index in [1.807, 2.05) is 38.1 Å². The van der Waals surface area contributed by atoms with Crippen LogP contribution < -0.4 is 10.1 Å². The van der Waals surface area contributed by atoms with E-state index in [1.165, 1.54) is 0 Å². The summed E-state index contributed by atoms with van der Waals surface area (Å²) >= 11 is 0. The monoisotopic (exact) mass is 546 g/mol. The van der Waals surface area contributed by atoms with Crippen LogP contribution in [0.2, 0.25) is 0 Å². The second-order valence-electron chi connectivity index (χ2n) is 11.7. The van der Waals surface area contributed by atoms with Crippen molar-refractivity contribution in [3.8, 4) is 17.1 Å². The Morgan fingerprint density at radius 3 is 2.75 bits per heavy atom. The Morgan fingerprint density at radius 1 is 1.20 bits per heavy atom. The summed E-state index contributed by atoms with van der Waals surface area (Å²) in [5, 5.41) is 4.29. The molecule has 3 heterocycles. The molecule has 2 atom stereocenters. The van der Waals surface area contributed by atoms with Crippen molar-refractivity contribution in [1.82, 2.24) is 20.2 Å². The third kappa shape index (κ3) is 6.22. The molecule has 2 fully saturated rings. The zero-order valence-corrected chi connectivity index (χ0v) is 24.3. The number of rotatable bonds is 12. The largest absolute Gasteiger partial charge is 0.496 e. The number of oxazole rings is 1. The number of hydrogen-bond donors (Lipinski definition) is 1. The summed E-state index contributed by atoms with van der Waals surface area (Å²) in [4.78, 5) is 36.8. The van der Waals surface area contributed by atoms with Crippen LogP contribution in [0.25, 0.3) is 22.2 Å². The lowest BCUT2D eigenvalue weighted by atomic mass is 9.91. The molecular weight excluding hydrogens is 504 g/mol. The predicted molar refractivity (Wildman–Crippen MR) is 155 cm³/mol. The van der Waals surface area contributed by atoms with Gasteiger partial charge in [0.1, 0.15) is 17.6 Å². The number of carbonyl (C=O) groups is 2. The van der Waals surface area contributed by atoms with Crippen LogP contribution in [-0.2, 0) is 9.59 Å². The first kappa shape index (κ1) is 28.3. The summed E-state index contributed by atoms with van der Waals surface area (Å²) in [7, 11) is 3.79. The van der Waals surface area contributed by atoms with Gasteiger partial charge in [0.05, 0.1) is 24.4 Å². The van der Waals surface area contributed by atoms with Crippen LogP contribution in [0, 0.1) is 18.3 Å². The Kier molecular flexibility index (Phi) is 8.54. The lowest BCUT2D eigenvalue weighted by Gasteiger charge is -2.30. The van der Waals surface area contributed by atoms with Gasteiger partial charge < -0.3 is 19.4 Å². The number of nitrogens with zero attached hydrogens (tertiary/aromatic N) is 3. The Labute approximate surface area is 236 Å². The number of amides is 1. The molecule has 1 N–H and O–H groups in total. The van der Waals surface area contributed by atoms with E-state index in [9.17, 15) is 9.59 Å². The van der Waals surface area contributed by atoms with Crippen LogP contribution in [0.1, 0.15) is 82.3 Å². The molecule has 2 aliphatic rings. The fourth-order valence-electron chi connectivity index (χ4n) is 6.08. The van der Waals surface area contributed by atoms with Gasteiger partial charge in [-0.25, -0.2) is 4.98 Å². The highest BCUT2D eigenvalue weighted by Crippen LogP contribution is 2.59. The second-order valence-corrected chi connectivity index (χ2v) is 11.7. The number of piperidine rings is 1. The van der Waals surface area contributed by atoms with Gasteiger partial charge in [-0.3, -0.25) is 14.6 Å². The summed E-state index contributed by atoms with van der Waals surface area (Å²) in [6, 6.07) is 7.64. The molecule has 0 bridgehead atoms. The van der Waals surface area contributed by atoms with E-state index >= 15 is 0 Å². The molecule has 1 aliphatic carbocycles. The molecule has 1 unspecified atom stereocenters. The first-order valence-electron chi connectivity index (χ1n) is 14.7. The smallest absolute Gasteiger partial charge is 0.224 e. The maximum Gasteiger partial charge on any atom is 0.224 e. The SMILES string of the molecule is CCC(=O)CCCCCC(NC(=O)[C@H]1CC12CCN(C)CC2)c1ncc(-c2cc3ccc(C)nc3cc2OC)o1. The number of likely N-dealkylation sites (tertiary alicyclic amines) is 1. The molecule has 1 amide bonds. The van der Waals surface area contributed by atoms with Crippen LogP contribution in [0.4, 0.5) is 0 Å². The van der Waals surface area contributed by atoms with Crippen LogP contribution in [0.3, 0.4) is 0 Å². The number of benzene rings is 1. The van der Waals surface area contributed by atoms with E-state index in [2.05, 4.69) is 27.2 Å². The molecule has 1 spiro atoms. The van der Waals surface area contributed by atoms with E-state index in [1.54, 1.807) is 13.3 Å². The van der Waals surface area contributed by atoms with Crippen molar-refractivity contribution in [1.29, 1.82) is 0 Å². The van der Waals surface area contributed by atoms with Gasteiger partial charge in [0.15, 0.2) is 5.76 Å². The van der Waals surface area contributed by atoms with Crippen molar-refractivity contribution in [3.05, 3.63) is 42.0 Å². The van der Waals surface area contributed by atoms with Gasteiger partial charge in [-0.15, -0.1) is 0 Å². The fourth-order valence-corrected chi connectivity index (χ4v) is 6.08. The van der Waals surface area contributed by atoms with Crippen molar-refractivity contribution in [2.75, 3.05) is 27.2 Å². The molecule has 1 aliphatic heterocycles. The minimum atomic E-state index is -0.317. The van der Waals surface area contributed by atoms with E-state index in [0.717, 1.165) is 73.8 Å². The van der Waals surface area contributed by atoms with Gasteiger partial charge in [0.2, 0.25) is 11.8 Å². The summed E-state index contributed by atoms with van der Waals surface area (Å²) in [6.07, 6.45) is 9.44. The fraction of sp³-hybridized carbons (Fsp3) is 0.562. The molecule has 1 aromatic carbocycles. The number of hydrogen-bond acceptors (Lipinski definition) is 7. The summed E-state index contributed by atoms with van der Waals surface area (Å²) in [6.45, 7) is 5.98. The average molecular weight is 547 g/mol. The van der Waals surface area contributed by atoms with E-state index in [4.69, 9.17) is 9.15 Å². The zero-order valence-electron chi connectivity index (χ0n) is 24.3. The third-order valence-corrected chi connectivity index (χ3v) is 8.89. The highest BCUT2D eigenvalue weighted by Gasteiger charge is 2.58. The lowest BCUT2D eigenvalue weighted by Crippen LogP contribution is -2.36. The van der Waals surface area contributed by atoms with Gasteiger partial charge in [0.25, 0.3) is 0 Å². The molecule has 5 rings (SSSR count). The number of Topliss-reactive ketones (excluding diaryl/α,β-unsaturated/α-hetero) is 1. The highest BCUT2D eigenvalue weighted by molar-refractivity contribution is 5.87. The van der Waals surface area contributed by atoms with Crippen molar-refractivity contribution in [2.24, 2.45) is 11.3 Å². The van der Waals surface area contributed by atoms with Crippen molar-refractivity contribution >= 4 is 22.6 Å². The van der Waals surface area contributed by atoms with Crippen molar-refractivity contribution < 1.29 is 18.7 Å². The van der Waals surface area contributed by atoms with Crippen LogP contribution >= 0.6 is 0 Å². The molecule has 8 heteroatoms. The topological polar surface area (TPSA) is 97.6 Å². The first-order chi connectivity index (χ1) is 19.3. The molecule has 214 valence electrons. The second kappa shape index (κ2) is 12.1. The Morgan fingerprint density at radius 2 is 2.00 bits per heavy atom. The number of pyridine rings is 1. The summed E-state index contributed by atoms with van der Waals surface area (Å²) < 4.78 is 12.0. The van der Waals surface area contributed by atoms with Crippen LogP contribution in [0.15, 0.2) is 34.9 Å². The van der Waals surface area contributed by atoms with Crippen molar-refractivity contribution in [2.45, 2.75) is 77.7 Å². The molecule has 8 nitrogen and oxygen atoms in total. The summed E-state index contributed by atoms with van der Waals surface area (Å²) in [5.74, 6) is 2.25. The number of unbranched alkanes of at least 4 members (excludes halogenated alkanes) is 2. The molecule has 40 heavy (non-hydrogen) atoms. The maximum atomic E-state index is 13.4. The average Bonchev–Trinajstić information content (AvgIpc) is 3.44. The van der Waals surface area contributed by atoms with E-state index in [-0.39, 0.29) is 23.3 Å². The Bertz CT molecular complexity index is 1360. The molecule has 2 aromatic heterocycles. The van der Waals surface area contributed by atoms with Gasteiger partial charge in [-0.05, 0) is 76.7 Å². The number of carbonyl (C=O) groups excluding carboxylic acids is 2. The normalized spacial score (nSPS) is 19.1. The van der Waals surface area contributed by atoms with Gasteiger partial charge in [0, 0.05) is 35.9 Å². The van der Waals surface area contributed by atoms with E-state index < -0.39 is 0 Å². The molecule has 1 saturated carbocycles. The number of aryl methyl sites for hydroxylation is 1. The number of ketones is 1. The highest BCUT2D eigenvalue weighted by atomic mass is 16.5. The number of aromatic nitrogens is 2. The lowest BCUT2D eigenvalue weighted by molar-refractivity contribution is -0.124. The standard InChI is InChI=1S/C32H42N4O4/c1-5-23(37)9-7-6-8-10-26(35-30(38)25-19-32(25)13-15-36(3)16-14-32)31-33-20-29(40-31)24-17-22-12-11-21(2)34-27(22)18-28(24)39-4/h11-12,17-18,20,25-26H,5-10,13-16,19H2,1-4H3,(H,35,38)/t25-,26?/m1/s1. The number of methoxy groups -OCH3 is 1. The number of fused-ring (bicyclic) bond motifs is 1. The molecule has 3 aromatic rings. The molecule has 0 radical (unpaired) electrons. The minimum Gasteiger partial charge on any atom is -0.496 e. The van der Waals surface area contributed by atoms with Crippen LogP contribution in [-0.4, -0.2) is 53.8 Å².